The van der Waals surface area contributed by atoms with Gasteiger partial charge in [-0.25, -0.2) is 4.98 Å². The lowest BCUT2D eigenvalue weighted by molar-refractivity contribution is -0.123. The van der Waals surface area contributed by atoms with E-state index in [0.29, 0.717) is 22.9 Å². The molecule has 10 heteroatoms. The van der Waals surface area contributed by atoms with Gasteiger partial charge in [0, 0.05) is 29.7 Å². The second-order valence-electron chi connectivity index (χ2n) is 10.2. The molecule has 0 saturated heterocycles. The second-order valence-corrected chi connectivity index (χ2v) is 11.3. The number of aromatic nitrogens is 3. The van der Waals surface area contributed by atoms with Crippen LogP contribution in [0.5, 0.6) is 5.75 Å². The number of rotatable bonds is 11. The van der Waals surface area contributed by atoms with Crippen molar-refractivity contribution in [2.45, 2.75) is 38.8 Å². The third kappa shape index (κ3) is 6.44. The van der Waals surface area contributed by atoms with Crippen molar-refractivity contribution < 1.29 is 19.1 Å². The summed E-state index contributed by atoms with van der Waals surface area (Å²) < 4.78 is 6.30. The number of thiazole rings is 1. The fourth-order valence-electron chi connectivity index (χ4n) is 4.73. The minimum Gasteiger partial charge on any atom is -0.496 e. The van der Waals surface area contributed by atoms with Gasteiger partial charge in [0.2, 0.25) is 11.7 Å². The Morgan fingerprint density at radius 2 is 1.83 bits per heavy atom. The van der Waals surface area contributed by atoms with Crippen LogP contribution in [0.15, 0.2) is 73.1 Å². The maximum absolute atomic E-state index is 13.7. The molecule has 210 valence electrons. The Bertz CT molecular complexity index is 1660. The van der Waals surface area contributed by atoms with Crippen LogP contribution in [0.3, 0.4) is 0 Å². The van der Waals surface area contributed by atoms with Crippen LogP contribution in [-0.4, -0.2) is 51.7 Å². The summed E-state index contributed by atoms with van der Waals surface area (Å²) in [6.45, 7) is 3.94. The highest BCUT2D eigenvalue weighted by molar-refractivity contribution is 7.20. The molecule has 0 aliphatic heterocycles. The van der Waals surface area contributed by atoms with E-state index in [2.05, 4.69) is 25.6 Å². The van der Waals surface area contributed by atoms with E-state index in [1.807, 2.05) is 62.4 Å². The van der Waals surface area contributed by atoms with Gasteiger partial charge >= 0.3 is 0 Å². The van der Waals surface area contributed by atoms with E-state index in [0.717, 1.165) is 26.7 Å². The zero-order valence-electron chi connectivity index (χ0n) is 23.0. The standard InChI is InChI=1S/C31H31N5O4S/c1-18(2)14-24(35-30(39)25-16-20-21(33-25)10-6-11-26(20)40-3)29(38)34-23(15-19-8-7-13-32-17-19)28(37)31-36-22-9-4-5-12-27(22)41-31/h4-13,16-18,23-24,33H,14-15H2,1-3H3,(H,34,38)(H,35,39)/t23-,24-/m0/s1. The van der Waals surface area contributed by atoms with Gasteiger partial charge in [0.1, 0.15) is 17.5 Å². The average molecular weight is 570 g/mol. The van der Waals surface area contributed by atoms with Gasteiger partial charge in [0.15, 0.2) is 5.01 Å². The van der Waals surface area contributed by atoms with E-state index < -0.39 is 23.9 Å². The Morgan fingerprint density at radius 1 is 1.00 bits per heavy atom. The number of methoxy groups -OCH3 is 1. The number of carbonyl (C=O) groups is 3. The molecule has 0 radical (unpaired) electrons. The van der Waals surface area contributed by atoms with Gasteiger partial charge in [-0.3, -0.25) is 19.4 Å². The van der Waals surface area contributed by atoms with Crippen LogP contribution in [0.25, 0.3) is 21.1 Å². The third-order valence-electron chi connectivity index (χ3n) is 6.72. The van der Waals surface area contributed by atoms with Crippen molar-refractivity contribution in [2.75, 3.05) is 7.11 Å². The number of para-hydroxylation sites is 1. The molecule has 3 N–H and O–H groups in total. The molecule has 0 bridgehead atoms. The van der Waals surface area contributed by atoms with Crippen LogP contribution in [0.1, 0.15) is 46.1 Å². The molecule has 2 amide bonds. The molecule has 41 heavy (non-hydrogen) atoms. The first-order valence-corrected chi connectivity index (χ1v) is 14.2. The Kier molecular flexibility index (Phi) is 8.39. The van der Waals surface area contributed by atoms with Crippen LogP contribution >= 0.6 is 11.3 Å². The zero-order valence-corrected chi connectivity index (χ0v) is 23.8. The van der Waals surface area contributed by atoms with Crippen LogP contribution in [0.4, 0.5) is 0 Å². The lowest BCUT2D eigenvalue weighted by Crippen LogP contribution is -2.52. The van der Waals surface area contributed by atoms with Gasteiger partial charge in [0.05, 0.1) is 23.4 Å². The summed E-state index contributed by atoms with van der Waals surface area (Å²) in [5.41, 5.74) is 2.58. The molecule has 0 aliphatic rings. The normalized spacial score (nSPS) is 12.8. The summed E-state index contributed by atoms with van der Waals surface area (Å²) in [7, 11) is 1.57. The largest absolute Gasteiger partial charge is 0.496 e. The summed E-state index contributed by atoms with van der Waals surface area (Å²) in [5.74, 6) is -0.415. The summed E-state index contributed by atoms with van der Waals surface area (Å²) in [5, 5.41) is 6.88. The Hall–Kier alpha value is -4.57. The number of amides is 2. The first-order chi connectivity index (χ1) is 19.8. The average Bonchev–Trinajstić information content (AvgIpc) is 3.61. The molecule has 0 spiro atoms. The highest BCUT2D eigenvalue weighted by Crippen LogP contribution is 2.26. The lowest BCUT2D eigenvalue weighted by Gasteiger charge is -2.23. The summed E-state index contributed by atoms with van der Waals surface area (Å²) >= 11 is 1.29. The Balaban J connectivity index is 1.39. The minimum absolute atomic E-state index is 0.102. The van der Waals surface area contributed by atoms with E-state index in [-0.39, 0.29) is 18.1 Å². The number of carbonyl (C=O) groups excluding carboxylic acids is 3. The van der Waals surface area contributed by atoms with Gasteiger partial charge in [-0.2, -0.15) is 0 Å². The van der Waals surface area contributed by atoms with Gasteiger partial charge in [-0.1, -0.05) is 38.1 Å². The van der Waals surface area contributed by atoms with Crippen LogP contribution in [0, 0.1) is 5.92 Å². The van der Waals surface area contributed by atoms with Crippen molar-refractivity contribution in [3.05, 3.63) is 89.3 Å². The van der Waals surface area contributed by atoms with E-state index in [9.17, 15) is 14.4 Å². The molecule has 5 rings (SSSR count). The SMILES string of the molecule is COc1cccc2[nH]c(C(=O)N[C@@H](CC(C)C)C(=O)N[C@@H](Cc3cccnc3)C(=O)c3nc4ccccc4s3)cc12. The molecule has 0 fully saturated rings. The first kappa shape index (κ1) is 28.0. The van der Waals surface area contributed by atoms with Gasteiger partial charge in [-0.15, -0.1) is 11.3 Å². The molecule has 2 atom stereocenters. The highest BCUT2D eigenvalue weighted by Gasteiger charge is 2.30. The molecule has 0 saturated carbocycles. The molecule has 0 aliphatic carbocycles. The van der Waals surface area contributed by atoms with Crippen molar-refractivity contribution in [3.8, 4) is 5.75 Å². The summed E-state index contributed by atoms with van der Waals surface area (Å²) in [6.07, 6.45) is 3.94. The van der Waals surface area contributed by atoms with Crippen molar-refractivity contribution >= 4 is 50.1 Å². The van der Waals surface area contributed by atoms with E-state index in [1.54, 1.807) is 31.6 Å². The van der Waals surface area contributed by atoms with Crippen LogP contribution < -0.4 is 15.4 Å². The Morgan fingerprint density at radius 3 is 2.56 bits per heavy atom. The van der Waals surface area contributed by atoms with E-state index >= 15 is 0 Å². The van der Waals surface area contributed by atoms with Crippen molar-refractivity contribution in [1.29, 1.82) is 0 Å². The predicted molar refractivity (Wildman–Crippen MR) is 159 cm³/mol. The second kappa shape index (κ2) is 12.3. The van der Waals surface area contributed by atoms with Crippen molar-refractivity contribution in [1.82, 2.24) is 25.6 Å². The van der Waals surface area contributed by atoms with Crippen molar-refractivity contribution in [2.24, 2.45) is 5.92 Å². The van der Waals surface area contributed by atoms with Crippen LogP contribution in [-0.2, 0) is 11.2 Å². The summed E-state index contributed by atoms with van der Waals surface area (Å²) in [4.78, 5) is 52.5. The number of nitrogens with zero attached hydrogens (tertiary/aromatic N) is 2. The number of Topliss-reactive ketones (excluding diaryl/α,β-unsaturated/α-hetero) is 1. The number of fused-ring (bicyclic) bond motifs is 2. The van der Waals surface area contributed by atoms with Crippen LogP contribution in [0.2, 0.25) is 0 Å². The van der Waals surface area contributed by atoms with Gasteiger partial charge in [-0.05, 0) is 54.3 Å². The number of H-pyrrole nitrogens is 1. The maximum atomic E-state index is 13.7. The van der Waals surface area contributed by atoms with Gasteiger partial charge < -0.3 is 20.4 Å². The monoisotopic (exact) mass is 569 g/mol. The molecule has 5 aromatic rings. The number of hydrogen-bond donors (Lipinski definition) is 3. The molecule has 3 aromatic heterocycles. The topological polar surface area (TPSA) is 126 Å². The van der Waals surface area contributed by atoms with Gasteiger partial charge in [0.25, 0.3) is 5.91 Å². The number of aromatic amines is 1. The van der Waals surface area contributed by atoms with Crippen molar-refractivity contribution in [3.63, 3.8) is 0 Å². The zero-order chi connectivity index (χ0) is 28.9. The quantitative estimate of drug-likeness (QED) is 0.194. The predicted octanol–water partition coefficient (Wildman–Crippen LogP) is 4.94. The number of nitrogens with one attached hydrogen (secondary N) is 3. The number of hydrogen-bond acceptors (Lipinski definition) is 7. The molecular formula is C31H31N5O4S. The number of pyridine rings is 1. The molecule has 0 unspecified atom stereocenters. The maximum Gasteiger partial charge on any atom is 0.268 e. The fourth-order valence-corrected chi connectivity index (χ4v) is 5.69. The fraction of sp³-hybridized carbons (Fsp3) is 0.258. The smallest absolute Gasteiger partial charge is 0.268 e. The molecular weight excluding hydrogens is 538 g/mol. The third-order valence-corrected chi connectivity index (χ3v) is 7.77. The highest BCUT2D eigenvalue weighted by atomic mass is 32.1. The lowest BCUT2D eigenvalue weighted by atomic mass is 10.00. The first-order valence-electron chi connectivity index (χ1n) is 13.4. The number of ketones is 1. The van der Waals surface area contributed by atoms with E-state index in [4.69, 9.17) is 4.74 Å². The minimum atomic E-state index is -0.892. The number of benzene rings is 2. The van der Waals surface area contributed by atoms with E-state index in [1.165, 1.54) is 11.3 Å². The molecule has 9 nitrogen and oxygen atoms in total. The molecule has 2 aromatic carbocycles. The summed E-state index contributed by atoms with van der Waals surface area (Å²) in [6, 6.07) is 16.6. The number of ether oxygens (including phenoxy) is 1. The Labute approximate surface area is 241 Å². The molecule has 3 heterocycles.